The van der Waals surface area contributed by atoms with Gasteiger partial charge in [0.25, 0.3) is 0 Å². The third kappa shape index (κ3) is 3.51. The molecule has 0 saturated carbocycles. The molecule has 0 amide bonds. The second-order valence-corrected chi connectivity index (χ2v) is 9.18. The fourth-order valence-electron chi connectivity index (χ4n) is 4.76. The Kier molecular flexibility index (Phi) is 4.76. The molecule has 0 bridgehead atoms. The number of imidazole rings is 1. The van der Waals surface area contributed by atoms with Gasteiger partial charge in [0.15, 0.2) is 0 Å². The van der Waals surface area contributed by atoms with Crippen molar-refractivity contribution in [3.63, 3.8) is 0 Å². The average Bonchev–Trinajstić information content (AvgIpc) is 3.49. The van der Waals surface area contributed by atoms with E-state index in [1.807, 2.05) is 6.07 Å². The van der Waals surface area contributed by atoms with Crippen LogP contribution in [0.25, 0.3) is 33.5 Å². The fraction of sp³-hybridized carbons (Fsp3) is 0.160. The number of nitrogen functional groups attached to an aromatic ring is 1. The number of hydrogen-bond acceptors (Lipinski definition) is 4. The second-order valence-electron chi connectivity index (χ2n) is 8.27. The van der Waals surface area contributed by atoms with E-state index in [4.69, 9.17) is 10.7 Å². The summed E-state index contributed by atoms with van der Waals surface area (Å²) < 4.78 is 19.2. The lowest BCUT2D eigenvalue weighted by Crippen LogP contribution is -2.13. The van der Waals surface area contributed by atoms with Crippen LogP contribution in [0.2, 0.25) is 0 Å². The average molecular weight is 503 g/mol. The molecule has 33 heavy (non-hydrogen) atoms. The van der Waals surface area contributed by atoms with Crippen molar-refractivity contribution in [3.05, 3.63) is 83.1 Å². The minimum atomic E-state index is -0.276. The van der Waals surface area contributed by atoms with E-state index in [1.165, 1.54) is 23.0 Å². The number of nitrogens with zero attached hydrogens (tertiary/aromatic N) is 5. The highest BCUT2D eigenvalue weighted by molar-refractivity contribution is 9.10. The summed E-state index contributed by atoms with van der Waals surface area (Å²) >= 11 is 3.55. The van der Waals surface area contributed by atoms with Crippen molar-refractivity contribution in [2.75, 3.05) is 5.73 Å². The van der Waals surface area contributed by atoms with E-state index in [0.717, 1.165) is 46.6 Å². The molecule has 4 heterocycles. The quantitative estimate of drug-likeness (QED) is 0.345. The first-order valence-corrected chi connectivity index (χ1v) is 11.6. The molecule has 0 saturated heterocycles. The van der Waals surface area contributed by atoms with Crippen molar-refractivity contribution in [1.82, 2.24) is 24.1 Å². The highest BCUT2D eigenvalue weighted by Crippen LogP contribution is 2.40. The summed E-state index contributed by atoms with van der Waals surface area (Å²) in [5.74, 6) is 0.942. The van der Waals surface area contributed by atoms with Gasteiger partial charge in [-0.15, -0.1) is 0 Å². The number of rotatable bonds is 4. The zero-order valence-corrected chi connectivity index (χ0v) is 19.2. The van der Waals surface area contributed by atoms with E-state index in [2.05, 4.69) is 65.5 Å². The molecule has 8 heteroatoms. The first kappa shape index (κ1) is 20.1. The van der Waals surface area contributed by atoms with E-state index in [-0.39, 0.29) is 17.8 Å². The predicted molar refractivity (Wildman–Crippen MR) is 130 cm³/mol. The van der Waals surface area contributed by atoms with Crippen molar-refractivity contribution in [3.8, 4) is 22.6 Å². The van der Waals surface area contributed by atoms with Crippen LogP contribution in [0.5, 0.6) is 0 Å². The van der Waals surface area contributed by atoms with E-state index >= 15 is 0 Å². The van der Waals surface area contributed by atoms with Crippen LogP contribution in [0.3, 0.4) is 0 Å². The summed E-state index contributed by atoms with van der Waals surface area (Å²) in [7, 11) is 0. The van der Waals surface area contributed by atoms with E-state index in [0.29, 0.717) is 5.69 Å². The zero-order chi connectivity index (χ0) is 22.5. The second kappa shape index (κ2) is 7.81. The first-order chi connectivity index (χ1) is 16.1. The Hall–Kier alpha value is -3.52. The number of anilines is 1. The van der Waals surface area contributed by atoms with E-state index in [1.54, 1.807) is 18.3 Å². The zero-order valence-electron chi connectivity index (χ0n) is 17.6. The van der Waals surface area contributed by atoms with Gasteiger partial charge >= 0.3 is 0 Å². The lowest BCUT2D eigenvalue weighted by Gasteiger charge is -2.19. The van der Waals surface area contributed by atoms with Crippen molar-refractivity contribution >= 4 is 32.8 Å². The smallest absolute Gasteiger partial charge is 0.220 e. The van der Waals surface area contributed by atoms with Crippen LogP contribution >= 0.6 is 15.9 Å². The fourth-order valence-corrected chi connectivity index (χ4v) is 5.14. The van der Waals surface area contributed by atoms with Crippen molar-refractivity contribution in [2.24, 2.45) is 0 Å². The number of halogens is 2. The summed E-state index contributed by atoms with van der Waals surface area (Å²) in [6, 6.07) is 17.0. The van der Waals surface area contributed by atoms with Gasteiger partial charge < -0.3 is 14.9 Å². The Morgan fingerprint density at radius 2 is 1.91 bits per heavy atom. The largest absolute Gasteiger partial charge is 0.368 e. The SMILES string of the molecule is Nc1nccc(-c2c(-c3ccc(F)cc3)nc3n2[C@H](Cn2ccc4cc(Br)ccc42)CC3)n1. The minimum Gasteiger partial charge on any atom is -0.368 e. The van der Waals surface area contributed by atoms with Gasteiger partial charge in [-0.3, -0.25) is 0 Å². The molecule has 1 aliphatic heterocycles. The van der Waals surface area contributed by atoms with Crippen LogP contribution in [0, 0.1) is 5.82 Å². The summed E-state index contributed by atoms with van der Waals surface area (Å²) in [6.07, 6.45) is 5.64. The summed E-state index contributed by atoms with van der Waals surface area (Å²) in [4.78, 5) is 13.5. The number of fused-ring (bicyclic) bond motifs is 2. The molecule has 6 nitrogen and oxygen atoms in total. The number of hydrogen-bond donors (Lipinski definition) is 1. The van der Waals surface area contributed by atoms with Gasteiger partial charge in [0.2, 0.25) is 5.95 Å². The van der Waals surface area contributed by atoms with Gasteiger partial charge in [0.1, 0.15) is 11.6 Å². The van der Waals surface area contributed by atoms with Crippen LogP contribution in [-0.2, 0) is 13.0 Å². The van der Waals surface area contributed by atoms with Crippen LogP contribution in [0.15, 0.2) is 71.5 Å². The highest BCUT2D eigenvalue weighted by atomic mass is 79.9. The van der Waals surface area contributed by atoms with Crippen molar-refractivity contribution in [1.29, 1.82) is 0 Å². The van der Waals surface area contributed by atoms with Crippen molar-refractivity contribution < 1.29 is 4.39 Å². The van der Waals surface area contributed by atoms with E-state index in [9.17, 15) is 4.39 Å². The molecule has 1 atom stereocenters. The molecule has 0 spiro atoms. The topological polar surface area (TPSA) is 74.5 Å². The highest BCUT2D eigenvalue weighted by Gasteiger charge is 2.31. The maximum atomic E-state index is 13.6. The molecule has 2 aromatic carbocycles. The Balaban J connectivity index is 1.48. The number of aromatic nitrogens is 5. The van der Waals surface area contributed by atoms with Gasteiger partial charge in [-0.1, -0.05) is 15.9 Å². The standard InChI is InChI=1S/C25H20BrFN6/c26-17-3-7-21-16(13-17)10-12-32(21)14-19-6-8-22-31-23(15-1-4-18(27)5-2-15)24(33(19)22)20-9-11-29-25(28)30-20/h1-5,7,9-13,19H,6,8,14H2,(H2,28,29,30)/t19-/m0/s1. The van der Waals surface area contributed by atoms with Crippen molar-refractivity contribution in [2.45, 2.75) is 25.4 Å². The van der Waals surface area contributed by atoms with Crippen LogP contribution in [0.1, 0.15) is 18.3 Å². The molecule has 0 radical (unpaired) electrons. The Morgan fingerprint density at radius 3 is 2.73 bits per heavy atom. The van der Waals surface area contributed by atoms with Gasteiger partial charge in [-0.05, 0) is 61.0 Å². The molecule has 0 fully saturated rings. The normalized spacial score (nSPS) is 15.3. The third-order valence-electron chi connectivity index (χ3n) is 6.23. The maximum absolute atomic E-state index is 13.6. The lowest BCUT2D eigenvalue weighted by molar-refractivity contribution is 0.459. The summed E-state index contributed by atoms with van der Waals surface area (Å²) in [5.41, 5.74) is 10.4. The molecule has 6 rings (SSSR count). The van der Waals surface area contributed by atoms with Crippen LogP contribution < -0.4 is 5.73 Å². The Morgan fingerprint density at radius 1 is 1.06 bits per heavy atom. The minimum absolute atomic E-state index is 0.201. The molecule has 0 aliphatic carbocycles. The maximum Gasteiger partial charge on any atom is 0.220 e. The Bertz CT molecular complexity index is 1490. The lowest BCUT2D eigenvalue weighted by atomic mass is 10.1. The third-order valence-corrected chi connectivity index (χ3v) is 6.72. The molecule has 164 valence electrons. The monoisotopic (exact) mass is 502 g/mol. The molecule has 1 aliphatic rings. The molecule has 3 aromatic heterocycles. The number of nitrogens with two attached hydrogens (primary N) is 1. The van der Waals surface area contributed by atoms with Gasteiger partial charge in [0.05, 0.1) is 23.1 Å². The summed E-state index contributed by atoms with van der Waals surface area (Å²) in [6.45, 7) is 0.810. The van der Waals surface area contributed by atoms with Gasteiger partial charge in [-0.2, -0.15) is 0 Å². The number of benzene rings is 2. The van der Waals surface area contributed by atoms with E-state index < -0.39 is 0 Å². The molecule has 5 aromatic rings. The molecule has 2 N–H and O–H groups in total. The Labute approximate surface area is 198 Å². The van der Waals surface area contributed by atoms with Crippen LogP contribution in [-0.4, -0.2) is 24.1 Å². The van der Waals surface area contributed by atoms with Crippen LogP contribution in [0.4, 0.5) is 10.3 Å². The first-order valence-electron chi connectivity index (χ1n) is 10.8. The van der Waals surface area contributed by atoms with Gasteiger partial charge in [0, 0.05) is 46.3 Å². The number of aryl methyl sites for hydroxylation is 1. The molecule has 0 unspecified atom stereocenters. The molecular weight excluding hydrogens is 483 g/mol. The van der Waals surface area contributed by atoms with Gasteiger partial charge in [-0.25, -0.2) is 19.3 Å². The molecular formula is C25H20BrFN6. The summed E-state index contributed by atoms with van der Waals surface area (Å²) in [5, 5.41) is 1.20. The predicted octanol–water partition coefficient (Wildman–Crippen LogP) is 5.63.